The van der Waals surface area contributed by atoms with Gasteiger partial charge >= 0.3 is 0 Å². The van der Waals surface area contributed by atoms with Crippen LogP contribution in [0.2, 0.25) is 0 Å². The maximum Gasteiger partial charge on any atom is 0.124 e. The first-order valence-electron chi connectivity index (χ1n) is 6.26. The number of phenolic OH excluding ortho intramolecular Hbond substituents is 1. The van der Waals surface area contributed by atoms with Crippen molar-refractivity contribution in [3.8, 4) is 16.3 Å². The van der Waals surface area contributed by atoms with Crippen molar-refractivity contribution in [2.75, 3.05) is 18.5 Å². The quantitative estimate of drug-likeness (QED) is 0.761. The first kappa shape index (κ1) is 12.9. The molecule has 0 saturated heterocycles. The third-order valence-electron chi connectivity index (χ3n) is 2.93. The van der Waals surface area contributed by atoms with E-state index < -0.39 is 0 Å². The number of phenols is 1. The second kappa shape index (κ2) is 5.46. The molecule has 3 aromatic rings. The summed E-state index contributed by atoms with van der Waals surface area (Å²) >= 11 is 1.54. The van der Waals surface area contributed by atoms with Crippen LogP contribution in [0.15, 0.2) is 42.5 Å². The fraction of sp³-hybridized carbons (Fsp3) is 0.133. The Bertz CT molecular complexity index is 724. The lowest BCUT2D eigenvalue weighted by molar-refractivity contribution is 0.476. The minimum absolute atomic E-state index is 0.249. The van der Waals surface area contributed by atoms with Crippen LogP contribution in [0.4, 0.5) is 10.1 Å². The lowest BCUT2D eigenvalue weighted by Crippen LogP contribution is -2.02. The summed E-state index contributed by atoms with van der Waals surface area (Å²) in [6.07, 6.45) is 0. The van der Waals surface area contributed by atoms with Gasteiger partial charge in [0.2, 0.25) is 0 Å². The molecule has 20 heavy (non-hydrogen) atoms. The van der Waals surface area contributed by atoms with Crippen molar-refractivity contribution in [3.05, 3.63) is 42.5 Å². The summed E-state index contributed by atoms with van der Waals surface area (Å²) in [5, 5.41) is 13.4. The fourth-order valence-electron chi connectivity index (χ4n) is 1.96. The molecule has 0 fully saturated rings. The lowest BCUT2D eigenvalue weighted by Gasteiger charge is -2.03. The summed E-state index contributed by atoms with van der Waals surface area (Å²) in [4.78, 5) is 4.54. The van der Waals surface area contributed by atoms with Crippen molar-refractivity contribution in [2.24, 2.45) is 0 Å². The second-order valence-electron chi connectivity index (χ2n) is 4.36. The average Bonchev–Trinajstić information content (AvgIpc) is 2.88. The average molecular weight is 287 g/mol. The van der Waals surface area contributed by atoms with E-state index >= 15 is 0 Å². The van der Waals surface area contributed by atoms with E-state index in [0.717, 1.165) is 26.5 Å². The number of nitrogens with one attached hydrogen (secondary N) is 1. The number of aromatic hydroxyl groups is 1. The topological polar surface area (TPSA) is 45.2 Å². The summed E-state index contributed by atoms with van der Waals surface area (Å²) in [6.45, 7) is -0.0666. The van der Waals surface area contributed by atoms with Gasteiger partial charge in [0.15, 0.2) is 0 Å². The van der Waals surface area contributed by atoms with E-state index in [0.29, 0.717) is 6.54 Å². The molecule has 1 aromatic heterocycles. The SMILES string of the molecule is Oc1ccc2nc(-c3ccc(NCC[18F])cc3)sc2c1. The molecule has 0 unspecified atom stereocenters. The highest BCUT2D eigenvalue weighted by Gasteiger charge is 2.06. The highest BCUT2D eigenvalue weighted by molar-refractivity contribution is 7.21. The molecule has 1 heterocycles. The van der Waals surface area contributed by atoms with Gasteiger partial charge in [0.05, 0.1) is 10.2 Å². The summed E-state index contributed by atoms with van der Waals surface area (Å²) in [5.41, 5.74) is 2.78. The summed E-state index contributed by atoms with van der Waals surface area (Å²) in [7, 11) is 0. The zero-order valence-electron chi connectivity index (χ0n) is 10.6. The van der Waals surface area contributed by atoms with Gasteiger partial charge in [0, 0.05) is 17.8 Å². The van der Waals surface area contributed by atoms with Crippen LogP contribution in [-0.2, 0) is 0 Å². The number of hydrogen-bond acceptors (Lipinski definition) is 4. The summed E-state index contributed by atoms with van der Waals surface area (Å²) in [5.74, 6) is 0.249. The molecule has 0 amide bonds. The molecule has 3 rings (SSSR count). The van der Waals surface area contributed by atoms with Gasteiger partial charge in [-0.25, -0.2) is 9.37 Å². The Morgan fingerprint density at radius 3 is 2.70 bits per heavy atom. The van der Waals surface area contributed by atoms with Gasteiger partial charge in [-0.05, 0) is 42.5 Å². The van der Waals surface area contributed by atoms with E-state index in [4.69, 9.17) is 0 Å². The molecule has 0 spiro atoms. The zero-order chi connectivity index (χ0) is 13.9. The van der Waals surface area contributed by atoms with Gasteiger partial charge in [-0.2, -0.15) is 0 Å². The fourth-order valence-corrected chi connectivity index (χ4v) is 2.96. The second-order valence-corrected chi connectivity index (χ2v) is 5.39. The number of anilines is 1. The van der Waals surface area contributed by atoms with E-state index in [9.17, 15) is 9.50 Å². The number of rotatable bonds is 4. The third kappa shape index (κ3) is 2.58. The number of aromatic nitrogens is 1. The van der Waals surface area contributed by atoms with Crippen molar-refractivity contribution in [1.29, 1.82) is 0 Å². The smallest absolute Gasteiger partial charge is 0.124 e. The van der Waals surface area contributed by atoms with E-state index in [-0.39, 0.29) is 12.4 Å². The van der Waals surface area contributed by atoms with Crippen LogP contribution in [0.3, 0.4) is 0 Å². The Labute approximate surface area is 119 Å². The Balaban J connectivity index is 1.90. The maximum atomic E-state index is 12.1. The van der Waals surface area contributed by atoms with E-state index in [2.05, 4.69) is 10.3 Å². The van der Waals surface area contributed by atoms with Crippen molar-refractivity contribution >= 4 is 27.2 Å². The van der Waals surface area contributed by atoms with Crippen LogP contribution in [0.1, 0.15) is 0 Å². The van der Waals surface area contributed by atoms with Crippen LogP contribution in [0.25, 0.3) is 20.8 Å². The van der Waals surface area contributed by atoms with Gasteiger partial charge in [0.25, 0.3) is 0 Å². The molecule has 2 aromatic carbocycles. The highest BCUT2D eigenvalue weighted by atomic mass is 32.1. The van der Waals surface area contributed by atoms with E-state index in [1.807, 2.05) is 30.3 Å². The minimum atomic E-state index is -0.386. The zero-order valence-corrected chi connectivity index (χ0v) is 11.5. The molecule has 2 N–H and O–H groups in total. The van der Waals surface area contributed by atoms with Gasteiger partial charge < -0.3 is 10.4 Å². The molecule has 0 aliphatic carbocycles. The monoisotopic (exact) mass is 287 g/mol. The molecule has 0 radical (unpaired) electrons. The van der Waals surface area contributed by atoms with Crippen LogP contribution in [-0.4, -0.2) is 23.3 Å². The Hall–Kier alpha value is -2.14. The van der Waals surface area contributed by atoms with Crippen molar-refractivity contribution < 1.29 is 9.50 Å². The van der Waals surface area contributed by atoms with Gasteiger partial charge in [-0.15, -0.1) is 11.3 Å². The van der Waals surface area contributed by atoms with Crippen LogP contribution in [0.5, 0.6) is 5.75 Å². The van der Waals surface area contributed by atoms with Crippen molar-refractivity contribution in [1.82, 2.24) is 4.98 Å². The molecular weight excluding hydrogens is 274 g/mol. The van der Waals surface area contributed by atoms with Gasteiger partial charge in [0.1, 0.15) is 17.4 Å². The van der Waals surface area contributed by atoms with Gasteiger partial charge in [-0.1, -0.05) is 0 Å². The Kier molecular flexibility index (Phi) is 3.52. The number of alkyl halides is 1. The van der Waals surface area contributed by atoms with E-state index in [1.165, 1.54) is 11.3 Å². The normalized spacial score (nSPS) is 10.8. The van der Waals surface area contributed by atoms with Gasteiger partial charge in [-0.3, -0.25) is 0 Å². The Morgan fingerprint density at radius 2 is 1.95 bits per heavy atom. The van der Waals surface area contributed by atoms with E-state index in [1.54, 1.807) is 12.1 Å². The predicted molar refractivity (Wildman–Crippen MR) is 81.2 cm³/mol. The number of fused-ring (bicyclic) bond motifs is 1. The maximum absolute atomic E-state index is 12.1. The third-order valence-corrected chi connectivity index (χ3v) is 3.99. The van der Waals surface area contributed by atoms with Crippen LogP contribution >= 0.6 is 11.3 Å². The highest BCUT2D eigenvalue weighted by Crippen LogP contribution is 2.32. The number of halogens is 1. The number of hydrogen-bond donors (Lipinski definition) is 2. The molecule has 0 atom stereocenters. The molecule has 5 heteroatoms. The molecule has 102 valence electrons. The number of nitrogens with zero attached hydrogens (tertiary/aromatic N) is 1. The van der Waals surface area contributed by atoms with Crippen LogP contribution in [0, 0.1) is 0 Å². The first-order valence-corrected chi connectivity index (χ1v) is 7.08. The standard InChI is InChI=1S/C15H13FN2OS/c16-7-8-17-11-3-1-10(2-4-11)15-18-13-6-5-12(19)9-14(13)20-15/h1-6,9,17,19H,7-8H2/i16-1. The molecule has 0 saturated carbocycles. The van der Waals surface area contributed by atoms with Crippen molar-refractivity contribution in [3.63, 3.8) is 0 Å². The van der Waals surface area contributed by atoms with Crippen molar-refractivity contribution in [2.45, 2.75) is 0 Å². The first-order chi connectivity index (χ1) is 9.76. The molecule has 0 aliphatic rings. The molecular formula is C15H13FN2OS. The summed E-state index contributed by atoms with van der Waals surface area (Å²) in [6, 6.07) is 12.9. The predicted octanol–water partition coefficient (Wildman–Crippen LogP) is 4.05. The molecule has 0 aliphatic heterocycles. The largest absolute Gasteiger partial charge is 0.508 e. The minimum Gasteiger partial charge on any atom is -0.508 e. The number of benzene rings is 2. The lowest BCUT2D eigenvalue weighted by atomic mass is 10.2. The van der Waals surface area contributed by atoms with Crippen LogP contribution < -0.4 is 5.32 Å². The summed E-state index contributed by atoms with van der Waals surface area (Å²) < 4.78 is 13.0. The molecule has 3 nitrogen and oxygen atoms in total. The Morgan fingerprint density at radius 1 is 1.15 bits per heavy atom. The number of thiazole rings is 1. The molecule has 0 bridgehead atoms.